The van der Waals surface area contributed by atoms with Crippen molar-refractivity contribution in [1.82, 2.24) is 5.32 Å². The van der Waals surface area contributed by atoms with E-state index < -0.39 is 0 Å². The van der Waals surface area contributed by atoms with Crippen LogP contribution < -0.4 is 5.32 Å². The summed E-state index contributed by atoms with van der Waals surface area (Å²) in [5.41, 5.74) is 1.10. The highest BCUT2D eigenvalue weighted by molar-refractivity contribution is 9.10. The average molecular weight is 335 g/mol. The van der Waals surface area contributed by atoms with Crippen LogP contribution in [-0.4, -0.2) is 10.7 Å². The van der Waals surface area contributed by atoms with Gasteiger partial charge in [0.15, 0.2) is 0 Å². The lowest BCUT2D eigenvalue weighted by Gasteiger charge is -2.08. The van der Waals surface area contributed by atoms with Gasteiger partial charge in [0.05, 0.1) is 4.83 Å². The summed E-state index contributed by atoms with van der Waals surface area (Å²) >= 11 is 6.67. The highest BCUT2D eigenvalue weighted by atomic mass is 79.9. The van der Waals surface area contributed by atoms with E-state index in [-0.39, 0.29) is 10.7 Å². The van der Waals surface area contributed by atoms with Crippen LogP contribution in [0.1, 0.15) is 18.9 Å². The van der Waals surface area contributed by atoms with Gasteiger partial charge in [0.2, 0.25) is 5.91 Å². The number of hydrogen-bond acceptors (Lipinski definition) is 1. The lowest BCUT2D eigenvalue weighted by atomic mass is 10.2. The highest BCUT2D eigenvalue weighted by Crippen LogP contribution is 2.10. The van der Waals surface area contributed by atoms with Gasteiger partial charge in [-0.25, -0.2) is 0 Å². The van der Waals surface area contributed by atoms with Crippen LogP contribution in [0.5, 0.6) is 0 Å². The van der Waals surface area contributed by atoms with E-state index in [0.717, 1.165) is 16.5 Å². The number of nitrogens with one attached hydrogen (secondary N) is 1. The maximum atomic E-state index is 11.4. The van der Waals surface area contributed by atoms with Crippen LogP contribution in [0.25, 0.3) is 0 Å². The molecule has 1 amide bonds. The number of amides is 1. The maximum Gasteiger partial charge on any atom is 0.234 e. The van der Waals surface area contributed by atoms with Gasteiger partial charge in [-0.1, -0.05) is 50.9 Å². The van der Waals surface area contributed by atoms with E-state index in [2.05, 4.69) is 37.2 Å². The molecule has 1 unspecified atom stereocenters. The van der Waals surface area contributed by atoms with Crippen LogP contribution in [-0.2, 0) is 11.3 Å². The fraction of sp³-hybridized carbons (Fsp3) is 0.364. The van der Waals surface area contributed by atoms with Crippen LogP contribution in [0.4, 0.5) is 0 Å². The normalized spacial score (nSPS) is 12.2. The number of carbonyl (C=O) groups excluding carboxylic acids is 1. The third kappa shape index (κ3) is 4.34. The van der Waals surface area contributed by atoms with Gasteiger partial charge >= 0.3 is 0 Å². The molecule has 0 aliphatic carbocycles. The molecule has 1 aromatic rings. The minimum Gasteiger partial charge on any atom is -0.351 e. The average Bonchev–Trinajstić information content (AvgIpc) is 2.26. The van der Waals surface area contributed by atoms with E-state index in [1.165, 1.54) is 0 Å². The zero-order valence-corrected chi connectivity index (χ0v) is 11.6. The first-order chi connectivity index (χ1) is 7.13. The molecule has 0 aromatic heterocycles. The molecule has 0 saturated carbocycles. The molecule has 15 heavy (non-hydrogen) atoms. The van der Waals surface area contributed by atoms with Gasteiger partial charge in [-0.3, -0.25) is 4.79 Å². The zero-order chi connectivity index (χ0) is 11.3. The molecule has 1 atom stereocenters. The lowest BCUT2D eigenvalue weighted by Crippen LogP contribution is -2.30. The fourth-order valence-corrected chi connectivity index (χ4v) is 1.51. The number of carbonyl (C=O) groups is 1. The number of alkyl halides is 1. The standard InChI is InChI=1S/C11H13Br2NO/c1-2-10(13)11(15)14-7-8-3-5-9(12)6-4-8/h3-6,10H,2,7H2,1H3,(H,14,15). The predicted octanol–water partition coefficient (Wildman–Crippen LogP) is 3.24. The third-order valence-corrected chi connectivity index (χ3v) is 3.61. The van der Waals surface area contributed by atoms with Crippen molar-refractivity contribution in [2.75, 3.05) is 0 Å². The van der Waals surface area contributed by atoms with E-state index in [1.807, 2.05) is 31.2 Å². The molecule has 0 heterocycles. The van der Waals surface area contributed by atoms with Gasteiger partial charge in [0.1, 0.15) is 0 Å². The smallest absolute Gasteiger partial charge is 0.234 e. The summed E-state index contributed by atoms with van der Waals surface area (Å²) in [6, 6.07) is 7.90. The Balaban J connectivity index is 2.43. The first kappa shape index (κ1) is 12.7. The van der Waals surface area contributed by atoms with E-state index in [1.54, 1.807) is 0 Å². The number of rotatable bonds is 4. The molecule has 4 heteroatoms. The van der Waals surface area contributed by atoms with Crippen LogP contribution in [0.3, 0.4) is 0 Å². The van der Waals surface area contributed by atoms with Crippen molar-refractivity contribution in [3.8, 4) is 0 Å². The molecular weight excluding hydrogens is 322 g/mol. The largest absolute Gasteiger partial charge is 0.351 e. The van der Waals surface area contributed by atoms with Gasteiger partial charge in [0.25, 0.3) is 0 Å². The van der Waals surface area contributed by atoms with Gasteiger partial charge in [-0.15, -0.1) is 0 Å². The summed E-state index contributed by atoms with van der Waals surface area (Å²) in [6.45, 7) is 2.55. The van der Waals surface area contributed by atoms with Crippen LogP contribution in [0, 0.1) is 0 Å². The molecular formula is C11H13Br2NO. The van der Waals surface area contributed by atoms with Gasteiger partial charge in [-0.05, 0) is 24.1 Å². The molecule has 0 spiro atoms. The number of benzene rings is 1. The second-order valence-corrected chi connectivity index (χ2v) is 5.24. The Morgan fingerprint density at radius 3 is 2.53 bits per heavy atom. The molecule has 0 bridgehead atoms. The van der Waals surface area contributed by atoms with Gasteiger partial charge in [-0.2, -0.15) is 0 Å². The Morgan fingerprint density at radius 2 is 2.00 bits per heavy atom. The van der Waals surface area contributed by atoms with Gasteiger partial charge < -0.3 is 5.32 Å². The molecule has 0 aliphatic heterocycles. The van der Waals surface area contributed by atoms with Crippen molar-refractivity contribution in [3.05, 3.63) is 34.3 Å². The van der Waals surface area contributed by atoms with Crippen molar-refractivity contribution in [1.29, 1.82) is 0 Å². The molecule has 2 nitrogen and oxygen atoms in total. The summed E-state index contributed by atoms with van der Waals surface area (Å²) in [5.74, 6) is 0.0421. The van der Waals surface area contributed by atoms with E-state index in [9.17, 15) is 4.79 Å². The van der Waals surface area contributed by atoms with Crippen molar-refractivity contribution in [2.24, 2.45) is 0 Å². The Bertz CT molecular complexity index is 324. The second kappa shape index (κ2) is 6.28. The predicted molar refractivity (Wildman–Crippen MR) is 69.0 cm³/mol. The number of hydrogen-bond donors (Lipinski definition) is 1. The molecule has 0 aliphatic rings. The molecule has 0 fully saturated rings. The lowest BCUT2D eigenvalue weighted by molar-refractivity contribution is -0.120. The minimum atomic E-state index is -0.0899. The summed E-state index contributed by atoms with van der Waals surface area (Å²) in [5, 5.41) is 2.87. The highest BCUT2D eigenvalue weighted by Gasteiger charge is 2.10. The second-order valence-electron chi connectivity index (χ2n) is 3.22. The Hall–Kier alpha value is -0.350. The quantitative estimate of drug-likeness (QED) is 0.841. The topological polar surface area (TPSA) is 29.1 Å². The van der Waals surface area contributed by atoms with E-state index >= 15 is 0 Å². The molecule has 1 N–H and O–H groups in total. The molecule has 0 radical (unpaired) electrons. The van der Waals surface area contributed by atoms with E-state index in [0.29, 0.717) is 6.54 Å². The summed E-state index contributed by atoms with van der Waals surface area (Å²) < 4.78 is 1.05. The SMILES string of the molecule is CCC(Br)C(=O)NCc1ccc(Br)cc1. The van der Waals surface area contributed by atoms with Crippen molar-refractivity contribution < 1.29 is 4.79 Å². The van der Waals surface area contributed by atoms with Crippen LogP contribution >= 0.6 is 31.9 Å². The third-order valence-electron chi connectivity index (χ3n) is 2.02. The molecule has 82 valence electrons. The summed E-state index contributed by atoms with van der Waals surface area (Å²) in [4.78, 5) is 11.4. The fourth-order valence-electron chi connectivity index (χ4n) is 1.09. The zero-order valence-electron chi connectivity index (χ0n) is 8.47. The Labute approximate surface area is 107 Å². The Morgan fingerprint density at radius 1 is 1.40 bits per heavy atom. The van der Waals surface area contributed by atoms with E-state index in [4.69, 9.17) is 0 Å². The van der Waals surface area contributed by atoms with Crippen molar-refractivity contribution in [3.63, 3.8) is 0 Å². The van der Waals surface area contributed by atoms with Crippen molar-refractivity contribution in [2.45, 2.75) is 24.7 Å². The van der Waals surface area contributed by atoms with Crippen LogP contribution in [0.2, 0.25) is 0 Å². The molecule has 1 rings (SSSR count). The Kier molecular flexibility index (Phi) is 5.32. The monoisotopic (exact) mass is 333 g/mol. The van der Waals surface area contributed by atoms with Crippen LogP contribution in [0.15, 0.2) is 28.7 Å². The first-order valence-corrected chi connectivity index (χ1v) is 6.50. The first-order valence-electron chi connectivity index (χ1n) is 4.79. The maximum absolute atomic E-state index is 11.4. The minimum absolute atomic E-state index is 0.0421. The van der Waals surface area contributed by atoms with Crippen molar-refractivity contribution >= 4 is 37.8 Å². The number of halogens is 2. The summed E-state index contributed by atoms with van der Waals surface area (Å²) in [6.07, 6.45) is 0.798. The molecule has 1 aromatic carbocycles. The summed E-state index contributed by atoms with van der Waals surface area (Å²) in [7, 11) is 0. The van der Waals surface area contributed by atoms with Gasteiger partial charge in [0, 0.05) is 11.0 Å². The molecule has 0 saturated heterocycles.